The summed E-state index contributed by atoms with van der Waals surface area (Å²) in [5, 5.41) is 8.77. The molecule has 0 radical (unpaired) electrons. The molecule has 27 heavy (non-hydrogen) atoms. The van der Waals surface area contributed by atoms with Gasteiger partial charge in [-0.2, -0.15) is 0 Å². The SMILES string of the molecule is CCNCc1cccc(NC(=O)c2cc(NC(C)=O)c(OC)c(OC)c2)c1. The van der Waals surface area contributed by atoms with Gasteiger partial charge in [0.2, 0.25) is 5.91 Å². The Balaban J connectivity index is 2.28. The summed E-state index contributed by atoms with van der Waals surface area (Å²) < 4.78 is 10.6. The number of rotatable bonds is 8. The maximum Gasteiger partial charge on any atom is 0.255 e. The van der Waals surface area contributed by atoms with Gasteiger partial charge >= 0.3 is 0 Å². The van der Waals surface area contributed by atoms with Crippen molar-refractivity contribution in [1.82, 2.24) is 5.32 Å². The van der Waals surface area contributed by atoms with E-state index in [0.29, 0.717) is 28.4 Å². The molecule has 0 heterocycles. The fourth-order valence-electron chi connectivity index (χ4n) is 2.61. The number of benzene rings is 2. The fourth-order valence-corrected chi connectivity index (χ4v) is 2.61. The van der Waals surface area contributed by atoms with Crippen LogP contribution in [-0.4, -0.2) is 32.6 Å². The molecule has 0 aliphatic heterocycles. The van der Waals surface area contributed by atoms with Gasteiger partial charge in [-0.15, -0.1) is 0 Å². The second kappa shape index (κ2) is 9.59. The monoisotopic (exact) mass is 371 g/mol. The van der Waals surface area contributed by atoms with Crippen LogP contribution >= 0.6 is 0 Å². The molecule has 2 rings (SSSR count). The number of hydrogen-bond donors (Lipinski definition) is 3. The second-order valence-electron chi connectivity index (χ2n) is 5.88. The molecular formula is C20H25N3O4. The van der Waals surface area contributed by atoms with E-state index in [9.17, 15) is 9.59 Å². The van der Waals surface area contributed by atoms with Gasteiger partial charge in [0.05, 0.1) is 19.9 Å². The van der Waals surface area contributed by atoms with Gasteiger partial charge in [0.15, 0.2) is 11.5 Å². The van der Waals surface area contributed by atoms with Crippen LogP contribution in [0, 0.1) is 0 Å². The maximum atomic E-state index is 12.7. The molecule has 2 amide bonds. The Morgan fingerprint density at radius 1 is 1.04 bits per heavy atom. The van der Waals surface area contributed by atoms with E-state index in [1.165, 1.54) is 21.1 Å². The van der Waals surface area contributed by atoms with Crippen molar-refractivity contribution in [1.29, 1.82) is 0 Å². The summed E-state index contributed by atoms with van der Waals surface area (Å²) in [5.41, 5.74) is 2.47. The van der Waals surface area contributed by atoms with Crippen molar-refractivity contribution in [2.45, 2.75) is 20.4 Å². The fraction of sp³-hybridized carbons (Fsp3) is 0.300. The molecule has 0 aromatic heterocycles. The number of anilines is 2. The second-order valence-corrected chi connectivity index (χ2v) is 5.88. The number of hydrogen-bond acceptors (Lipinski definition) is 5. The van der Waals surface area contributed by atoms with Gasteiger partial charge in [-0.1, -0.05) is 19.1 Å². The molecule has 2 aromatic rings. The van der Waals surface area contributed by atoms with E-state index in [-0.39, 0.29) is 11.8 Å². The number of carbonyl (C=O) groups is 2. The van der Waals surface area contributed by atoms with Crippen LogP contribution in [0.1, 0.15) is 29.8 Å². The quantitative estimate of drug-likeness (QED) is 0.664. The van der Waals surface area contributed by atoms with Crippen LogP contribution in [-0.2, 0) is 11.3 Å². The molecule has 7 nitrogen and oxygen atoms in total. The molecular weight excluding hydrogens is 346 g/mol. The third-order valence-corrected chi connectivity index (χ3v) is 3.82. The van der Waals surface area contributed by atoms with Crippen molar-refractivity contribution in [3.63, 3.8) is 0 Å². The summed E-state index contributed by atoms with van der Waals surface area (Å²) >= 11 is 0. The van der Waals surface area contributed by atoms with Gasteiger partial charge in [-0.25, -0.2) is 0 Å². The van der Waals surface area contributed by atoms with E-state index in [1.54, 1.807) is 12.1 Å². The molecule has 0 bridgehead atoms. The highest BCUT2D eigenvalue weighted by Gasteiger charge is 2.17. The Morgan fingerprint density at radius 3 is 2.44 bits per heavy atom. The van der Waals surface area contributed by atoms with Gasteiger partial charge in [0.1, 0.15) is 0 Å². The van der Waals surface area contributed by atoms with E-state index >= 15 is 0 Å². The van der Waals surface area contributed by atoms with Crippen LogP contribution in [0.2, 0.25) is 0 Å². The molecule has 0 aliphatic rings. The number of nitrogens with one attached hydrogen (secondary N) is 3. The molecule has 0 saturated carbocycles. The normalized spacial score (nSPS) is 10.2. The van der Waals surface area contributed by atoms with Gasteiger partial charge < -0.3 is 25.4 Å². The predicted molar refractivity (Wildman–Crippen MR) is 106 cm³/mol. The summed E-state index contributed by atoms with van der Waals surface area (Å²) in [4.78, 5) is 24.2. The van der Waals surface area contributed by atoms with Crippen molar-refractivity contribution < 1.29 is 19.1 Å². The minimum atomic E-state index is -0.317. The number of methoxy groups -OCH3 is 2. The molecule has 0 unspecified atom stereocenters. The first kappa shape index (κ1) is 20.3. The van der Waals surface area contributed by atoms with Gasteiger partial charge in [0.25, 0.3) is 5.91 Å². The molecule has 0 spiro atoms. The zero-order chi connectivity index (χ0) is 19.8. The molecule has 0 fully saturated rings. The lowest BCUT2D eigenvalue weighted by molar-refractivity contribution is -0.114. The summed E-state index contributed by atoms with van der Waals surface area (Å²) in [7, 11) is 2.94. The predicted octanol–water partition coefficient (Wildman–Crippen LogP) is 3.02. The summed E-state index contributed by atoms with van der Waals surface area (Å²) in [5.74, 6) is 0.124. The Morgan fingerprint density at radius 2 is 1.81 bits per heavy atom. The highest BCUT2D eigenvalue weighted by Crippen LogP contribution is 2.36. The molecule has 0 atom stereocenters. The third kappa shape index (κ3) is 5.46. The minimum absolute atomic E-state index is 0.274. The molecule has 144 valence electrons. The largest absolute Gasteiger partial charge is 0.493 e. The van der Waals surface area contributed by atoms with Crippen molar-refractivity contribution in [3.8, 4) is 11.5 Å². The summed E-state index contributed by atoms with van der Waals surface area (Å²) in [6, 6.07) is 10.7. The average molecular weight is 371 g/mol. The van der Waals surface area contributed by atoms with Crippen LogP contribution in [0.4, 0.5) is 11.4 Å². The van der Waals surface area contributed by atoms with Crippen molar-refractivity contribution in [2.24, 2.45) is 0 Å². The third-order valence-electron chi connectivity index (χ3n) is 3.82. The van der Waals surface area contributed by atoms with Crippen LogP contribution in [0.3, 0.4) is 0 Å². The highest BCUT2D eigenvalue weighted by atomic mass is 16.5. The van der Waals surface area contributed by atoms with Crippen LogP contribution < -0.4 is 25.4 Å². The molecule has 7 heteroatoms. The first-order valence-electron chi connectivity index (χ1n) is 8.63. The first-order chi connectivity index (χ1) is 13.0. The standard InChI is InChI=1S/C20H25N3O4/c1-5-21-12-14-7-6-8-16(9-14)23-20(25)15-10-17(22-13(2)24)19(27-4)18(11-15)26-3/h6-11,21H,5,12H2,1-4H3,(H,22,24)(H,23,25). The van der Waals surface area contributed by atoms with Gasteiger partial charge in [-0.3, -0.25) is 9.59 Å². The highest BCUT2D eigenvalue weighted by molar-refractivity contribution is 6.06. The zero-order valence-corrected chi connectivity index (χ0v) is 16.0. The molecule has 0 saturated heterocycles. The molecule has 3 N–H and O–H groups in total. The number of carbonyl (C=O) groups excluding carboxylic acids is 2. The Bertz CT molecular complexity index is 821. The summed E-state index contributed by atoms with van der Waals surface area (Å²) in [6.45, 7) is 5.02. The lowest BCUT2D eigenvalue weighted by atomic mass is 10.1. The maximum absolute atomic E-state index is 12.7. The van der Waals surface area contributed by atoms with Crippen molar-refractivity contribution in [3.05, 3.63) is 47.5 Å². The van der Waals surface area contributed by atoms with Gasteiger partial charge in [-0.05, 0) is 36.4 Å². The van der Waals surface area contributed by atoms with Crippen LogP contribution in [0.5, 0.6) is 11.5 Å². The smallest absolute Gasteiger partial charge is 0.255 e. The lowest BCUT2D eigenvalue weighted by Gasteiger charge is -2.15. The molecule has 0 aliphatic carbocycles. The Labute approximate surface area is 159 Å². The number of ether oxygens (including phenoxy) is 2. The van der Waals surface area contributed by atoms with E-state index < -0.39 is 0 Å². The van der Waals surface area contributed by atoms with E-state index in [1.807, 2.05) is 31.2 Å². The van der Waals surface area contributed by atoms with Crippen molar-refractivity contribution in [2.75, 3.05) is 31.4 Å². The first-order valence-corrected chi connectivity index (χ1v) is 8.63. The van der Waals surface area contributed by atoms with E-state index in [4.69, 9.17) is 9.47 Å². The van der Waals surface area contributed by atoms with Crippen LogP contribution in [0.25, 0.3) is 0 Å². The van der Waals surface area contributed by atoms with Gasteiger partial charge in [0, 0.05) is 24.7 Å². The minimum Gasteiger partial charge on any atom is -0.493 e. The Hall–Kier alpha value is -3.06. The Kier molecular flexibility index (Phi) is 7.19. The number of amides is 2. The van der Waals surface area contributed by atoms with Crippen molar-refractivity contribution >= 4 is 23.2 Å². The zero-order valence-electron chi connectivity index (χ0n) is 16.0. The lowest BCUT2D eigenvalue weighted by Crippen LogP contribution is -2.15. The topological polar surface area (TPSA) is 88.7 Å². The summed E-state index contributed by atoms with van der Waals surface area (Å²) in [6.07, 6.45) is 0. The average Bonchev–Trinajstić information content (AvgIpc) is 2.65. The van der Waals surface area contributed by atoms with E-state index in [2.05, 4.69) is 16.0 Å². The molecule has 2 aromatic carbocycles. The van der Waals surface area contributed by atoms with Crippen LogP contribution in [0.15, 0.2) is 36.4 Å². The van der Waals surface area contributed by atoms with E-state index in [0.717, 1.165) is 18.7 Å².